The first-order valence-corrected chi connectivity index (χ1v) is 6.68. The topological polar surface area (TPSA) is 85.0 Å². The van der Waals surface area contributed by atoms with E-state index in [0.29, 0.717) is 17.4 Å². The van der Waals surface area contributed by atoms with Gasteiger partial charge in [-0.2, -0.15) is 5.10 Å². The van der Waals surface area contributed by atoms with E-state index in [2.05, 4.69) is 15.7 Å². The standard InChI is InChI=1S/C12H21N5O2/c1-8(2)16-12(11(17(18)19)9(3)15-16)14-7-10-4-5-13-6-10/h8,10,13-14H,4-7H2,1-3H3. The van der Waals surface area contributed by atoms with Crippen LogP contribution in [0.1, 0.15) is 32.0 Å². The molecule has 0 aliphatic carbocycles. The lowest BCUT2D eigenvalue weighted by Gasteiger charge is -2.14. The molecule has 106 valence electrons. The number of hydrogen-bond acceptors (Lipinski definition) is 5. The van der Waals surface area contributed by atoms with Gasteiger partial charge in [0.15, 0.2) is 0 Å². The third-order valence-corrected chi connectivity index (χ3v) is 3.45. The van der Waals surface area contributed by atoms with Crippen LogP contribution in [0.4, 0.5) is 11.5 Å². The van der Waals surface area contributed by atoms with Crippen LogP contribution in [0.15, 0.2) is 0 Å². The first kappa shape index (κ1) is 13.8. The summed E-state index contributed by atoms with van der Waals surface area (Å²) in [4.78, 5) is 10.8. The van der Waals surface area contributed by atoms with Crippen molar-refractivity contribution in [2.45, 2.75) is 33.2 Å². The lowest BCUT2D eigenvalue weighted by atomic mass is 10.1. The van der Waals surface area contributed by atoms with E-state index in [1.807, 2.05) is 13.8 Å². The number of nitro groups is 1. The Morgan fingerprint density at radius 1 is 1.63 bits per heavy atom. The number of hydrogen-bond donors (Lipinski definition) is 2. The van der Waals surface area contributed by atoms with Crippen LogP contribution in [0.2, 0.25) is 0 Å². The molecule has 1 aromatic rings. The first-order valence-electron chi connectivity index (χ1n) is 6.68. The highest BCUT2D eigenvalue weighted by molar-refractivity contribution is 5.59. The zero-order valence-electron chi connectivity index (χ0n) is 11.6. The summed E-state index contributed by atoms with van der Waals surface area (Å²) in [6, 6.07) is 0.0941. The highest BCUT2D eigenvalue weighted by Crippen LogP contribution is 2.30. The van der Waals surface area contributed by atoms with Crippen molar-refractivity contribution in [3.63, 3.8) is 0 Å². The number of aromatic nitrogens is 2. The fourth-order valence-corrected chi connectivity index (χ4v) is 2.43. The van der Waals surface area contributed by atoms with Crippen molar-refractivity contribution in [2.24, 2.45) is 5.92 Å². The molecule has 1 unspecified atom stereocenters. The van der Waals surface area contributed by atoms with Crippen LogP contribution in [0, 0.1) is 23.0 Å². The predicted octanol–water partition coefficient (Wildman–Crippen LogP) is 1.70. The molecule has 1 atom stereocenters. The van der Waals surface area contributed by atoms with E-state index < -0.39 is 0 Å². The van der Waals surface area contributed by atoms with Crippen molar-refractivity contribution >= 4 is 11.5 Å². The van der Waals surface area contributed by atoms with Crippen LogP contribution in [-0.4, -0.2) is 34.3 Å². The van der Waals surface area contributed by atoms with Crippen molar-refractivity contribution in [3.8, 4) is 0 Å². The van der Waals surface area contributed by atoms with E-state index >= 15 is 0 Å². The molecular formula is C12H21N5O2. The molecule has 7 nitrogen and oxygen atoms in total. The van der Waals surface area contributed by atoms with Gasteiger partial charge in [0.1, 0.15) is 5.69 Å². The maximum Gasteiger partial charge on any atom is 0.333 e. The largest absolute Gasteiger partial charge is 0.364 e. The molecule has 0 radical (unpaired) electrons. The minimum Gasteiger partial charge on any atom is -0.364 e. The monoisotopic (exact) mass is 267 g/mol. The Labute approximate surface area is 112 Å². The van der Waals surface area contributed by atoms with Gasteiger partial charge in [0.25, 0.3) is 0 Å². The normalized spacial score (nSPS) is 19.1. The summed E-state index contributed by atoms with van der Waals surface area (Å²) in [7, 11) is 0. The fraction of sp³-hybridized carbons (Fsp3) is 0.750. The van der Waals surface area contributed by atoms with Crippen molar-refractivity contribution in [1.29, 1.82) is 0 Å². The number of rotatable bonds is 5. The van der Waals surface area contributed by atoms with Gasteiger partial charge in [-0.3, -0.25) is 10.1 Å². The maximum atomic E-state index is 11.2. The van der Waals surface area contributed by atoms with E-state index in [1.165, 1.54) is 0 Å². The van der Waals surface area contributed by atoms with E-state index in [-0.39, 0.29) is 16.7 Å². The van der Waals surface area contributed by atoms with Gasteiger partial charge in [0.2, 0.25) is 5.82 Å². The van der Waals surface area contributed by atoms with E-state index in [0.717, 1.165) is 26.1 Å². The lowest BCUT2D eigenvalue weighted by Crippen LogP contribution is -2.20. The van der Waals surface area contributed by atoms with Crippen LogP contribution in [0.25, 0.3) is 0 Å². The van der Waals surface area contributed by atoms with Crippen molar-refractivity contribution in [1.82, 2.24) is 15.1 Å². The molecule has 2 rings (SSSR count). The second-order valence-electron chi connectivity index (χ2n) is 5.32. The van der Waals surface area contributed by atoms with Crippen molar-refractivity contribution in [3.05, 3.63) is 15.8 Å². The molecule has 0 aromatic carbocycles. The molecule has 1 aliphatic rings. The fourth-order valence-electron chi connectivity index (χ4n) is 2.43. The lowest BCUT2D eigenvalue weighted by molar-refractivity contribution is -0.384. The SMILES string of the molecule is Cc1nn(C(C)C)c(NCC2CCNC2)c1[N+](=O)[O-]. The van der Waals surface area contributed by atoms with Gasteiger partial charge in [-0.1, -0.05) is 0 Å². The average Bonchev–Trinajstić information content (AvgIpc) is 2.92. The van der Waals surface area contributed by atoms with Crippen LogP contribution < -0.4 is 10.6 Å². The Hall–Kier alpha value is -1.63. The quantitative estimate of drug-likeness (QED) is 0.626. The number of nitrogens with zero attached hydrogens (tertiary/aromatic N) is 3. The molecule has 2 N–H and O–H groups in total. The summed E-state index contributed by atoms with van der Waals surface area (Å²) in [5.41, 5.74) is 0.561. The molecule has 1 fully saturated rings. The summed E-state index contributed by atoms with van der Waals surface area (Å²) in [5, 5.41) is 22.0. The minimum absolute atomic E-state index is 0.0941. The highest BCUT2D eigenvalue weighted by atomic mass is 16.6. The second-order valence-corrected chi connectivity index (χ2v) is 5.32. The minimum atomic E-state index is -0.351. The van der Waals surface area contributed by atoms with Crippen LogP contribution >= 0.6 is 0 Å². The molecule has 0 bridgehead atoms. The van der Waals surface area contributed by atoms with E-state index in [1.54, 1.807) is 11.6 Å². The number of anilines is 1. The van der Waals surface area contributed by atoms with E-state index in [4.69, 9.17) is 0 Å². The Balaban J connectivity index is 2.22. The van der Waals surface area contributed by atoms with Crippen molar-refractivity contribution in [2.75, 3.05) is 25.0 Å². The van der Waals surface area contributed by atoms with Gasteiger partial charge in [-0.05, 0) is 46.2 Å². The van der Waals surface area contributed by atoms with Crippen LogP contribution in [0.3, 0.4) is 0 Å². The Bertz CT molecular complexity index is 463. The zero-order valence-corrected chi connectivity index (χ0v) is 11.6. The molecule has 7 heteroatoms. The van der Waals surface area contributed by atoms with Crippen LogP contribution in [0.5, 0.6) is 0 Å². The summed E-state index contributed by atoms with van der Waals surface area (Å²) >= 11 is 0. The third-order valence-electron chi connectivity index (χ3n) is 3.45. The Kier molecular flexibility index (Phi) is 4.04. The zero-order chi connectivity index (χ0) is 14.0. The van der Waals surface area contributed by atoms with E-state index in [9.17, 15) is 10.1 Å². The smallest absolute Gasteiger partial charge is 0.333 e. The van der Waals surface area contributed by atoms with Gasteiger partial charge < -0.3 is 10.6 Å². The van der Waals surface area contributed by atoms with Gasteiger partial charge in [-0.25, -0.2) is 4.68 Å². The van der Waals surface area contributed by atoms with Gasteiger partial charge >= 0.3 is 5.69 Å². The van der Waals surface area contributed by atoms with Gasteiger partial charge in [0, 0.05) is 12.6 Å². The molecule has 19 heavy (non-hydrogen) atoms. The molecule has 1 saturated heterocycles. The Morgan fingerprint density at radius 3 is 2.89 bits per heavy atom. The van der Waals surface area contributed by atoms with Crippen LogP contribution in [-0.2, 0) is 0 Å². The second kappa shape index (κ2) is 5.56. The van der Waals surface area contributed by atoms with Crippen molar-refractivity contribution < 1.29 is 4.92 Å². The predicted molar refractivity (Wildman–Crippen MR) is 73.5 cm³/mol. The summed E-state index contributed by atoms with van der Waals surface area (Å²) in [6.07, 6.45) is 1.11. The average molecular weight is 267 g/mol. The van der Waals surface area contributed by atoms with Gasteiger partial charge in [-0.15, -0.1) is 0 Å². The molecule has 0 saturated carbocycles. The number of nitrogens with one attached hydrogen (secondary N) is 2. The number of aryl methyl sites for hydroxylation is 1. The Morgan fingerprint density at radius 2 is 2.37 bits per heavy atom. The van der Waals surface area contributed by atoms with Gasteiger partial charge in [0.05, 0.1) is 4.92 Å². The molecule has 2 heterocycles. The third kappa shape index (κ3) is 2.86. The summed E-state index contributed by atoms with van der Waals surface area (Å²) in [5.74, 6) is 1.06. The summed E-state index contributed by atoms with van der Waals surface area (Å²) in [6.45, 7) is 8.36. The molecule has 0 spiro atoms. The molecular weight excluding hydrogens is 246 g/mol. The summed E-state index contributed by atoms with van der Waals surface area (Å²) < 4.78 is 1.70. The molecule has 1 aromatic heterocycles. The molecule has 1 aliphatic heterocycles. The molecule has 0 amide bonds. The highest BCUT2D eigenvalue weighted by Gasteiger charge is 2.27. The maximum absolute atomic E-state index is 11.2. The first-order chi connectivity index (χ1) is 9.00.